The van der Waals surface area contributed by atoms with Crippen LogP contribution in [0.15, 0.2) is 36.9 Å². The number of nitro benzene ring substituents is 1. The Kier molecular flexibility index (Phi) is 7.51. The maximum atomic E-state index is 12.6. The van der Waals surface area contributed by atoms with Crippen molar-refractivity contribution in [1.29, 1.82) is 0 Å². The molecule has 0 bridgehead atoms. The largest absolute Gasteiger partial charge is 0.480 e. The zero-order chi connectivity index (χ0) is 20.7. The third kappa shape index (κ3) is 5.78. The standard InChI is InChI=1S/C19H26N4O5/c1-3-8-22(12-14-6-5-7-16(9-14)23(27)28)19(26)20-15-10-17(11-15)21(4-2)13-18(24)25/h3,5-7,9,15,17H,1,4,8,10-13H2,2H3,(H,20,26)(H,24,25). The van der Waals surface area contributed by atoms with Gasteiger partial charge < -0.3 is 15.3 Å². The zero-order valence-electron chi connectivity index (χ0n) is 15.9. The molecule has 9 nitrogen and oxygen atoms in total. The Morgan fingerprint density at radius 1 is 1.43 bits per heavy atom. The summed E-state index contributed by atoms with van der Waals surface area (Å²) in [5, 5.41) is 22.8. The molecule has 1 aliphatic rings. The molecule has 2 N–H and O–H groups in total. The van der Waals surface area contributed by atoms with Gasteiger partial charge in [0.25, 0.3) is 5.69 Å². The van der Waals surface area contributed by atoms with Crippen LogP contribution >= 0.6 is 0 Å². The van der Waals surface area contributed by atoms with Gasteiger partial charge in [-0.2, -0.15) is 0 Å². The zero-order valence-corrected chi connectivity index (χ0v) is 15.9. The Bertz CT molecular complexity index is 733. The Balaban J connectivity index is 1.91. The highest BCUT2D eigenvalue weighted by molar-refractivity contribution is 5.75. The minimum absolute atomic E-state index is 0.00277. The summed E-state index contributed by atoms with van der Waals surface area (Å²) in [7, 11) is 0. The van der Waals surface area contributed by atoms with Gasteiger partial charge in [0.1, 0.15) is 0 Å². The van der Waals surface area contributed by atoms with Gasteiger partial charge in [0.15, 0.2) is 0 Å². The molecule has 152 valence electrons. The van der Waals surface area contributed by atoms with Crippen LogP contribution in [-0.4, -0.2) is 63.5 Å². The first kappa shape index (κ1) is 21.4. The second-order valence-electron chi connectivity index (χ2n) is 6.82. The molecule has 2 rings (SSSR count). The van der Waals surface area contributed by atoms with Crippen LogP contribution in [0.5, 0.6) is 0 Å². The van der Waals surface area contributed by atoms with Crippen LogP contribution in [0.1, 0.15) is 25.3 Å². The van der Waals surface area contributed by atoms with Crippen molar-refractivity contribution in [3.63, 3.8) is 0 Å². The summed E-state index contributed by atoms with van der Waals surface area (Å²) in [6.45, 7) is 6.77. The number of hydrogen-bond acceptors (Lipinski definition) is 5. The van der Waals surface area contributed by atoms with Crippen molar-refractivity contribution in [2.24, 2.45) is 0 Å². The number of benzene rings is 1. The van der Waals surface area contributed by atoms with E-state index in [2.05, 4.69) is 11.9 Å². The third-order valence-electron chi connectivity index (χ3n) is 4.83. The van der Waals surface area contributed by atoms with Crippen molar-refractivity contribution in [2.45, 2.75) is 38.4 Å². The van der Waals surface area contributed by atoms with Gasteiger partial charge in [-0.3, -0.25) is 19.8 Å². The van der Waals surface area contributed by atoms with Crippen LogP contribution in [0.2, 0.25) is 0 Å². The van der Waals surface area contributed by atoms with E-state index >= 15 is 0 Å². The predicted molar refractivity (Wildman–Crippen MR) is 104 cm³/mol. The summed E-state index contributed by atoms with van der Waals surface area (Å²) in [5.74, 6) is -0.858. The second-order valence-corrected chi connectivity index (χ2v) is 6.82. The highest BCUT2D eigenvalue weighted by Crippen LogP contribution is 2.26. The number of amides is 2. The summed E-state index contributed by atoms with van der Waals surface area (Å²) < 4.78 is 0. The molecule has 0 unspecified atom stereocenters. The van der Waals surface area contributed by atoms with Crippen molar-refractivity contribution in [2.75, 3.05) is 19.6 Å². The number of nitrogens with zero attached hydrogens (tertiary/aromatic N) is 3. The number of carbonyl (C=O) groups is 2. The monoisotopic (exact) mass is 390 g/mol. The number of non-ortho nitro benzene ring substituents is 1. The highest BCUT2D eigenvalue weighted by Gasteiger charge is 2.35. The molecule has 0 heterocycles. The maximum absolute atomic E-state index is 12.6. The summed E-state index contributed by atoms with van der Waals surface area (Å²) in [5.41, 5.74) is 0.646. The van der Waals surface area contributed by atoms with Gasteiger partial charge in [0.05, 0.1) is 11.5 Å². The quantitative estimate of drug-likeness (QED) is 0.359. The first-order valence-electron chi connectivity index (χ1n) is 9.19. The lowest BCUT2D eigenvalue weighted by Gasteiger charge is -2.42. The summed E-state index contributed by atoms with van der Waals surface area (Å²) in [6, 6.07) is 6.06. The van der Waals surface area contributed by atoms with Gasteiger partial charge in [0.2, 0.25) is 0 Å². The lowest BCUT2D eigenvalue weighted by molar-refractivity contribution is -0.384. The minimum atomic E-state index is -0.858. The number of nitro groups is 1. The third-order valence-corrected chi connectivity index (χ3v) is 4.83. The van der Waals surface area contributed by atoms with Crippen LogP contribution in [0, 0.1) is 10.1 Å². The van der Waals surface area contributed by atoms with E-state index in [4.69, 9.17) is 5.11 Å². The number of likely N-dealkylation sites (N-methyl/N-ethyl adjacent to an activating group) is 1. The van der Waals surface area contributed by atoms with Crippen molar-refractivity contribution in [3.8, 4) is 0 Å². The lowest BCUT2D eigenvalue weighted by Crippen LogP contribution is -2.56. The average molecular weight is 390 g/mol. The predicted octanol–water partition coefficient (Wildman–Crippen LogP) is 2.23. The number of rotatable bonds is 10. The Morgan fingerprint density at radius 2 is 2.14 bits per heavy atom. The molecule has 0 spiro atoms. The Morgan fingerprint density at radius 3 is 2.71 bits per heavy atom. The molecule has 1 aromatic rings. The SMILES string of the molecule is C=CCN(Cc1cccc([N+](=O)[O-])c1)C(=O)NC1CC(N(CC)CC(=O)O)C1. The van der Waals surface area contributed by atoms with Gasteiger partial charge in [-0.25, -0.2) is 4.79 Å². The van der Waals surface area contributed by atoms with Crippen molar-refractivity contribution >= 4 is 17.7 Å². The van der Waals surface area contributed by atoms with E-state index in [0.29, 0.717) is 31.5 Å². The second kappa shape index (κ2) is 9.84. The fourth-order valence-corrected chi connectivity index (χ4v) is 3.31. The summed E-state index contributed by atoms with van der Waals surface area (Å²) in [6.07, 6.45) is 3.00. The number of carboxylic acids is 1. The van der Waals surface area contributed by atoms with Crippen LogP contribution < -0.4 is 5.32 Å². The van der Waals surface area contributed by atoms with E-state index in [1.165, 1.54) is 17.0 Å². The number of carbonyl (C=O) groups excluding carboxylic acids is 1. The molecule has 0 aliphatic heterocycles. The van der Waals surface area contributed by atoms with Crippen molar-refractivity contribution in [1.82, 2.24) is 15.1 Å². The number of carboxylic acid groups (broad SMARTS) is 1. The number of aliphatic carboxylic acids is 1. The number of urea groups is 1. The molecule has 2 amide bonds. The summed E-state index contributed by atoms with van der Waals surface area (Å²) >= 11 is 0. The van der Waals surface area contributed by atoms with E-state index < -0.39 is 10.9 Å². The molecule has 0 saturated heterocycles. The summed E-state index contributed by atoms with van der Waals surface area (Å²) in [4.78, 5) is 37.4. The van der Waals surface area contributed by atoms with E-state index in [9.17, 15) is 19.7 Å². The van der Waals surface area contributed by atoms with E-state index in [0.717, 1.165) is 0 Å². The molecule has 1 aliphatic carbocycles. The molecule has 0 radical (unpaired) electrons. The van der Waals surface area contributed by atoms with Crippen molar-refractivity contribution < 1.29 is 19.6 Å². The molecule has 1 fully saturated rings. The van der Waals surface area contributed by atoms with Gasteiger partial charge in [-0.15, -0.1) is 6.58 Å². The maximum Gasteiger partial charge on any atom is 0.318 e. The van der Waals surface area contributed by atoms with E-state index in [-0.39, 0.29) is 36.9 Å². The molecule has 0 atom stereocenters. The van der Waals surface area contributed by atoms with Gasteiger partial charge in [-0.05, 0) is 24.9 Å². The van der Waals surface area contributed by atoms with Gasteiger partial charge >= 0.3 is 12.0 Å². The molecule has 1 aromatic carbocycles. The Hall–Kier alpha value is -2.94. The molecular weight excluding hydrogens is 364 g/mol. The average Bonchev–Trinajstić information content (AvgIpc) is 2.62. The smallest absolute Gasteiger partial charge is 0.318 e. The topological polar surface area (TPSA) is 116 Å². The lowest BCUT2D eigenvalue weighted by atomic mass is 9.85. The molecule has 0 aromatic heterocycles. The number of hydrogen-bond donors (Lipinski definition) is 2. The van der Waals surface area contributed by atoms with Crippen LogP contribution in [0.3, 0.4) is 0 Å². The van der Waals surface area contributed by atoms with E-state index in [1.54, 1.807) is 18.2 Å². The molecule has 9 heteroatoms. The van der Waals surface area contributed by atoms with E-state index in [1.807, 2.05) is 11.8 Å². The molecule has 28 heavy (non-hydrogen) atoms. The first-order chi connectivity index (χ1) is 13.3. The number of nitrogens with one attached hydrogen (secondary N) is 1. The van der Waals surface area contributed by atoms with Crippen LogP contribution in [0.25, 0.3) is 0 Å². The van der Waals surface area contributed by atoms with Crippen molar-refractivity contribution in [3.05, 3.63) is 52.6 Å². The fourth-order valence-electron chi connectivity index (χ4n) is 3.31. The fraction of sp³-hybridized carbons (Fsp3) is 0.474. The Labute approximate surface area is 163 Å². The van der Waals surface area contributed by atoms with Crippen LogP contribution in [-0.2, 0) is 11.3 Å². The van der Waals surface area contributed by atoms with Gasteiger partial charge in [-0.1, -0.05) is 25.1 Å². The normalized spacial score (nSPS) is 18.2. The molecule has 1 saturated carbocycles. The van der Waals surface area contributed by atoms with Gasteiger partial charge in [0, 0.05) is 37.3 Å². The highest BCUT2D eigenvalue weighted by atomic mass is 16.6. The minimum Gasteiger partial charge on any atom is -0.480 e. The first-order valence-corrected chi connectivity index (χ1v) is 9.19. The molecular formula is C19H26N4O5. The van der Waals surface area contributed by atoms with Crippen LogP contribution in [0.4, 0.5) is 10.5 Å².